The molecule has 0 fully saturated rings. The summed E-state index contributed by atoms with van der Waals surface area (Å²) in [5.41, 5.74) is 0. The number of quaternary nitrogens is 1. The standard InChI is InChI=1S/C6H16NO2.ClH/c1-3-4-5-6-7(2,8)9;/h8-9H,3-6H2,1-2H3;1H/q+1;/p-1. The van der Waals surface area contributed by atoms with Gasteiger partial charge in [-0.15, -0.1) is 0 Å². The van der Waals surface area contributed by atoms with Gasteiger partial charge in [-0.25, -0.2) is 0 Å². The Labute approximate surface area is 68.2 Å². The van der Waals surface area contributed by atoms with E-state index in [2.05, 4.69) is 6.92 Å². The Bertz CT molecular complexity index is 72.6. The van der Waals surface area contributed by atoms with Gasteiger partial charge in [0.2, 0.25) is 0 Å². The number of hydrogen-bond donors (Lipinski definition) is 2. The number of nitrogens with zero attached hydrogens (tertiary/aromatic N) is 1. The summed E-state index contributed by atoms with van der Waals surface area (Å²) in [4.78, 5) is -0.889. The molecule has 3 nitrogen and oxygen atoms in total. The fourth-order valence-corrected chi connectivity index (χ4v) is 0.661. The van der Waals surface area contributed by atoms with Gasteiger partial charge in [0.25, 0.3) is 0 Å². The summed E-state index contributed by atoms with van der Waals surface area (Å²) in [6.07, 6.45) is 3.05. The van der Waals surface area contributed by atoms with Crippen molar-refractivity contribution in [2.24, 2.45) is 0 Å². The molecule has 0 spiro atoms. The topological polar surface area (TPSA) is 40.5 Å². The van der Waals surface area contributed by atoms with Crippen molar-refractivity contribution in [3.8, 4) is 0 Å². The molecule has 0 aliphatic heterocycles. The minimum Gasteiger partial charge on any atom is -1.00 e. The van der Waals surface area contributed by atoms with E-state index < -0.39 is 4.81 Å². The first-order valence-electron chi connectivity index (χ1n) is 3.37. The van der Waals surface area contributed by atoms with Crippen molar-refractivity contribution in [1.29, 1.82) is 0 Å². The molecule has 0 saturated heterocycles. The Kier molecular flexibility index (Phi) is 7.58. The second-order valence-corrected chi connectivity index (χ2v) is 2.52. The van der Waals surface area contributed by atoms with Crippen LogP contribution in [0.1, 0.15) is 26.2 Å². The summed E-state index contributed by atoms with van der Waals surface area (Å²) < 4.78 is 0. The molecule has 0 aliphatic rings. The van der Waals surface area contributed by atoms with E-state index in [1.54, 1.807) is 0 Å². The first-order chi connectivity index (χ1) is 4.06. The van der Waals surface area contributed by atoms with Gasteiger partial charge in [0.1, 0.15) is 13.6 Å². The molecule has 0 amide bonds. The normalized spacial score (nSPS) is 10.8. The predicted molar refractivity (Wildman–Crippen MR) is 34.1 cm³/mol. The number of halogens is 1. The second-order valence-electron chi connectivity index (χ2n) is 2.52. The van der Waals surface area contributed by atoms with E-state index in [0.717, 1.165) is 19.3 Å². The highest BCUT2D eigenvalue weighted by Crippen LogP contribution is 1.98. The van der Waals surface area contributed by atoms with Crippen molar-refractivity contribution in [3.05, 3.63) is 0 Å². The van der Waals surface area contributed by atoms with E-state index >= 15 is 0 Å². The van der Waals surface area contributed by atoms with Gasteiger partial charge in [-0.05, 0) is 6.42 Å². The van der Waals surface area contributed by atoms with Gasteiger partial charge in [-0.1, -0.05) is 18.2 Å². The van der Waals surface area contributed by atoms with E-state index in [4.69, 9.17) is 10.4 Å². The lowest BCUT2D eigenvalue weighted by Crippen LogP contribution is -3.00. The molecular weight excluding hydrogens is 154 g/mol. The number of rotatable bonds is 4. The largest absolute Gasteiger partial charge is 1.00 e. The summed E-state index contributed by atoms with van der Waals surface area (Å²) in [5, 5.41) is 17.5. The molecule has 64 valence electrons. The lowest BCUT2D eigenvalue weighted by atomic mass is 10.2. The minimum absolute atomic E-state index is 0. The highest BCUT2D eigenvalue weighted by molar-refractivity contribution is 4.32. The van der Waals surface area contributed by atoms with E-state index in [1.165, 1.54) is 7.05 Å². The smallest absolute Gasteiger partial charge is 0.141 e. The maximum atomic E-state index is 8.74. The monoisotopic (exact) mass is 169 g/mol. The summed E-state index contributed by atoms with van der Waals surface area (Å²) in [7, 11) is 1.36. The Hall–Kier alpha value is 0.170. The van der Waals surface area contributed by atoms with Crippen LogP contribution in [-0.4, -0.2) is 28.8 Å². The average Bonchev–Trinajstić information content (AvgIpc) is 1.63. The maximum absolute atomic E-state index is 8.74. The Morgan fingerprint density at radius 2 is 1.70 bits per heavy atom. The highest BCUT2D eigenvalue weighted by atomic mass is 35.5. The number of hydroxylamine groups is 4. The molecule has 0 bridgehead atoms. The lowest BCUT2D eigenvalue weighted by molar-refractivity contribution is -1.23. The van der Waals surface area contributed by atoms with Gasteiger partial charge in [0.05, 0.1) is 0 Å². The molecule has 4 heteroatoms. The van der Waals surface area contributed by atoms with Crippen molar-refractivity contribution in [3.63, 3.8) is 0 Å². The zero-order chi connectivity index (χ0) is 7.33. The average molecular weight is 170 g/mol. The Morgan fingerprint density at radius 1 is 1.20 bits per heavy atom. The first-order valence-corrected chi connectivity index (χ1v) is 3.37. The van der Waals surface area contributed by atoms with Crippen molar-refractivity contribution >= 4 is 0 Å². The molecule has 0 aromatic carbocycles. The minimum atomic E-state index is -0.889. The van der Waals surface area contributed by atoms with Gasteiger partial charge < -0.3 is 12.4 Å². The van der Waals surface area contributed by atoms with Crippen LogP contribution in [0.3, 0.4) is 0 Å². The molecule has 0 aromatic rings. The van der Waals surface area contributed by atoms with E-state index in [0.29, 0.717) is 6.54 Å². The summed E-state index contributed by atoms with van der Waals surface area (Å²) in [6.45, 7) is 2.51. The molecule has 0 heterocycles. The quantitative estimate of drug-likeness (QED) is 0.303. The second kappa shape index (κ2) is 5.92. The molecule has 0 unspecified atom stereocenters. The van der Waals surface area contributed by atoms with E-state index in [-0.39, 0.29) is 12.4 Å². The third kappa shape index (κ3) is 11.0. The molecule has 0 rings (SSSR count). The van der Waals surface area contributed by atoms with Crippen molar-refractivity contribution in [1.82, 2.24) is 0 Å². The SMILES string of the molecule is CCCCC[N+](C)(O)O.[Cl-]. The highest BCUT2D eigenvalue weighted by Gasteiger charge is 2.11. The first kappa shape index (κ1) is 12.8. The van der Waals surface area contributed by atoms with Gasteiger partial charge in [-0.2, -0.15) is 10.4 Å². The van der Waals surface area contributed by atoms with Gasteiger partial charge >= 0.3 is 0 Å². The van der Waals surface area contributed by atoms with Crippen LogP contribution in [-0.2, 0) is 0 Å². The molecule has 0 saturated carbocycles. The van der Waals surface area contributed by atoms with E-state index in [9.17, 15) is 0 Å². The summed E-state index contributed by atoms with van der Waals surface area (Å²) in [6, 6.07) is 0. The Morgan fingerprint density at radius 3 is 2.00 bits per heavy atom. The molecule has 0 aromatic heterocycles. The van der Waals surface area contributed by atoms with Crippen LogP contribution >= 0.6 is 0 Å². The van der Waals surface area contributed by atoms with Crippen LogP contribution < -0.4 is 12.4 Å². The third-order valence-corrected chi connectivity index (χ3v) is 1.19. The number of unbranched alkanes of at least 4 members (excludes halogenated alkanes) is 2. The van der Waals surface area contributed by atoms with E-state index in [1.807, 2.05) is 0 Å². The van der Waals surface area contributed by atoms with Crippen molar-refractivity contribution in [2.75, 3.05) is 13.6 Å². The maximum Gasteiger partial charge on any atom is 0.141 e. The van der Waals surface area contributed by atoms with Gasteiger partial charge in [0, 0.05) is 6.42 Å². The van der Waals surface area contributed by atoms with Crippen LogP contribution in [0.5, 0.6) is 0 Å². The molecule has 0 radical (unpaired) electrons. The molecule has 10 heavy (non-hydrogen) atoms. The van der Waals surface area contributed by atoms with Crippen molar-refractivity contribution < 1.29 is 27.6 Å². The fourth-order valence-electron chi connectivity index (χ4n) is 0.661. The van der Waals surface area contributed by atoms with Crippen LogP contribution in [0.15, 0.2) is 0 Å². The van der Waals surface area contributed by atoms with Gasteiger partial charge in [-0.3, -0.25) is 0 Å². The summed E-state index contributed by atoms with van der Waals surface area (Å²) in [5.74, 6) is 0. The molecule has 2 N–H and O–H groups in total. The number of hydrogen-bond acceptors (Lipinski definition) is 2. The zero-order valence-corrected chi connectivity index (χ0v) is 7.30. The van der Waals surface area contributed by atoms with Crippen LogP contribution in [0.25, 0.3) is 0 Å². The van der Waals surface area contributed by atoms with Crippen molar-refractivity contribution in [2.45, 2.75) is 26.2 Å². The Balaban J connectivity index is 0. The van der Waals surface area contributed by atoms with Gasteiger partial charge in [0.15, 0.2) is 0 Å². The predicted octanol–water partition coefficient (Wildman–Crippen LogP) is -1.59. The fraction of sp³-hybridized carbons (Fsp3) is 1.00. The van der Waals surface area contributed by atoms with Crippen LogP contribution in [0.4, 0.5) is 0 Å². The molecule has 0 atom stereocenters. The lowest BCUT2D eigenvalue weighted by Gasteiger charge is -2.14. The zero-order valence-electron chi connectivity index (χ0n) is 6.55. The summed E-state index contributed by atoms with van der Waals surface area (Å²) >= 11 is 0. The molecular formula is C6H16ClNO2. The molecule has 0 aliphatic carbocycles. The third-order valence-electron chi connectivity index (χ3n) is 1.19. The van der Waals surface area contributed by atoms with Crippen LogP contribution in [0, 0.1) is 0 Å². The van der Waals surface area contributed by atoms with Crippen LogP contribution in [0.2, 0.25) is 0 Å².